The van der Waals surface area contributed by atoms with Crippen LogP contribution in [0.3, 0.4) is 0 Å². The summed E-state index contributed by atoms with van der Waals surface area (Å²) in [6.07, 6.45) is 0. The van der Waals surface area contributed by atoms with Crippen LogP contribution in [0.5, 0.6) is 0 Å². The molecule has 1 aliphatic rings. The summed E-state index contributed by atoms with van der Waals surface area (Å²) in [7, 11) is 0. The van der Waals surface area contributed by atoms with E-state index in [4.69, 9.17) is 11.7 Å². The van der Waals surface area contributed by atoms with Crippen LogP contribution in [0.15, 0.2) is 45.3 Å². The number of anilines is 1. The number of pyridine rings is 1. The highest BCUT2D eigenvalue weighted by Crippen LogP contribution is 2.31. The molecule has 0 atom stereocenters. The van der Waals surface area contributed by atoms with Crippen LogP contribution in [-0.4, -0.2) is 42.8 Å². The van der Waals surface area contributed by atoms with Gasteiger partial charge in [-0.1, -0.05) is 23.9 Å². The van der Waals surface area contributed by atoms with E-state index < -0.39 is 0 Å². The molecule has 28 heavy (non-hydrogen) atoms. The number of nitrogens with two attached hydrogens (primary N) is 2. The molecular formula is C18H22N8OS. The first-order valence-corrected chi connectivity index (χ1v) is 9.74. The van der Waals surface area contributed by atoms with E-state index in [0.29, 0.717) is 27.7 Å². The Bertz CT molecular complexity index is 959. The second-order valence-electron chi connectivity index (χ2n) is 6.16. The largest absolute Gasteiger partial charge is 0.369 e. The minimum absolute atomic E-state index is 0.281. The monoisotopic (exact) mass is 398 g/mol. The molecule has 2 aromatic rings. The summed E-state index contributed by atoms with van der Waals surface area (Å²) in [5, 5.41) is 17.1. The highest BCUT2D eigenvalue weighted by Gasteiger charge is 2.16. The lowest BCUT2D eigenvalue weighted by molar-refractivity contribution is 0.589. The number of nitriles is 1. The molecule has 9 nitrogen and oxygen atoms in total. The van der Waals surface area contributed by atoms with Crippen LogP contribution in [0.1, 0.15) is 5.56 Å². The Morgan fingerprint density at radius 1 is 1.36 bits per heavy atom. The molecule has 1 fully saturated rings. The van der Waals surface area contributed by atoms with E-state index in [1.165, 1.54) is 17.8 Å². The fourth-order valence-electron chi connectivity index (χ4n) is 3.03. The Labute approximate surface area is 166 Å². The predicted molar refractivity (Wildman–Crippen MR) is 112 cm³/mol. The second-order valence-corrected chi connectivity index (χ2v) is 7.14. The standard InChI is InChI=1S/C18H22N8OS/c19-10-15-14(9-17(27)23-18(15)28-11-16(24-20)25-21)12-2-1-3-13(8-12)26-6-4-22-5-7-26/h1-3,8-9,22H,4-7,11,20-21H2,(H,23,27)(H,24,25). The van der Waals surface area contributed by atoms with Crippen molar-refractivity contribution in [2.75, 3.05) is 36.8 Å². The Morgan fingerprint density at radius 3 is 2.82 bits per heavy atom. The number of nitrogens with zero attached hydrogens (tertiary/aromatic N) is 3. The van der Waals surface area contributed by atoms with E-state index in [1.54, 1.807) is 0 Å². The van der Waals surface area contributed by atoms with Gasteiger partial charge in [-0.05, 0) is 17.7 Å². The number of aromatic nitrogens is 1. The lowest BCUT2D eigenvalue weighted by atomic mass is 10.0. The van der Waals surface area contributed by atoms with E-state index in [0.717, 1.165) is 37.4 Å². The molecule has 0 amide bonds. The van der Waals surface area contributed by atoms with Crippen LogP contribution in [-0.2, 0) is 0 Å². The topological polar surface area (TPSA) is 148 Å². The number of hydrogen-bond acceptors (Lipinski definition) is 8. The number of hydrogen-bond donors (Lipinski definition) is 5. The Balaban J connectivity index is 1.97. The first kappa shape index (κ1) is 19.8. The molecule has 7 N–H and O–H groups in total. The molecular weight excluding hydrogens is 376 g/mol. The van der Waals surface area contributed by atoms with Gasteiger partial charge in [0.05, 0.1) is 16.3 Å². The molecule has 0 saturated carbocycles. The number of H-pyrrole nitrogens is 1. The maximum Gasteiger partial charge on any atom is 0.249 e. The maximum absolute atomic E-state index is 12.2. The van der Waals surface area contributed by atoms with Crippen LogP contribution >= 0.6 is 11.8 Å². The molecule has 2 heterocycles. The second kappa shape index (κ2) is 9.27. The van der Waals surface area contributed by atoms with Crippen molar-refractivity contribution < 1.29 is 0 Å². The molecule has 146 valence electrons. The van der Waals surface area contributed by atoms with Crippen LogP contribution < -0.4 is 32.9 Å². The fraction of sp³-hybridized carbons (Fsp3) is 0.278. The average Bonchev–Trinajstić information content (AvgIpc) is 2.75. The van der Waals surface area contributed by atoms with Crippen molar-refractivity contribution in [3.63, 3.8) is 0 Å². The number of amidine groups is 1. The third-order valence-corrected chi connectivity index (χ3v) is 5.45. The molecule has 1 aliphatic heterocycles. The van der Waals surface area contributed by atoms with Crippen LogP contribution in [0.4, 0.5) is 5.69 Å². The molecule has 1 aromatic heterocycles. The Morgan fingerprint density at radius 2 is 2.14 bits per heavy atom. The van der Waals surface area contributed by atoms with Crippen molar-refractivity contribution >= 4 is 23.3 Å². The first-order chi connectivity index (χ1) is 13.7. The van der Waals surface area contributed by atoms with Crippen molar-refractivity contribution in [2.24, 2.45) is 16.8 Å². The first-order valence-electron chi connectivity index (χ1n) is 8.76. The van der Waals surface area contributed by atoms with Gasteiger partial charge in [0, 0.05) is 43.5 Å². The van der Waals surface area contributed by atoms with Gasteiger partial charge in [0.2, 0.25) is 5.56 Å². The van der Waals surface area contributed by atoms with E-state index in [2.05, 4.69) is 31.8 Å². The summed E-state index contributed by atoms with van der Waals surface area (Å²) in [6.45, 7) is 3.69. The van der Waals surface area contributed by atoms with Gasteiger partial charge in [-0.15, -0.1) is 0 Å². The number of nitrogens with one attached hydrogen (secondary N) is 3. The predicted octanol–water partition coefficient (Wildman–Crippen LogP) is 0.151. The van der Waals surface area contributed by atoms with Gasteiger partial charge >= 0.3 is 0 Å². The van der Waals surface area contributed by atoms with Gasteiger partial charge in [0.25, 0.3) is 0 Å². The number of aromatic amines is 1. The number of hydrazine groups is 1. The van der Waals surface area contributed by atoms with Crippen molar-refractivity contribution in [1.82, 2.24) is 15.7 Å². The van der Waals surface area contributed by atoms with Crippen molar-refractivity contribution in [2.45, 2.75) is 5.03 Å². The lowest BCUT2D eigenvalue weighted by Gasteiger charge is -2.29. The summed E-state index contributed by atoms with van der Waals surface area (Å²) in [5.74, 6) is 11.2. The third-order valence-electron chi connectivity index (χ3n) is 4.44. The zero-order valence-corrected chi connectivity index (χ0v) is 16.1. The summed E-state index contributed by atoms with van der Waals surface area (Å²) in [4.78, 5) is 17.2. The normalized spacial score (nSPS) is 14.6. The number of piperazine rings is 1. The minimum Gasteiger partial charge on any atom is -0.369 e. The molecule has 0 radical (unpaired) electrons. The average molecular weight is 398 g/mol. The molecule has 10 heteroatoms. The van der Waals surface area contributed by atoms with Crippen molar-refractivity contribution in [1.29, 1.82) is 5.26 Å². The Kier molecular flexibility index (Phi) is 6.54. The van der Waals surface area contributed by atoms with Crippen LogP contribution in [0, 0.1) is 11.3 Å². The molecule has 3 rings (SSSR count). The highest BCUT2D eigenvalue weighted by molar-refractivity contribution is 8.00. The molecule has 0 bridgehead atoms. The summed E-state index contributed by atoms with van der Waals surface area (Å²) in [6, 6.07) is 11.6. The van der Waals surface area contributed by atoms with Crippen molar-refractivity contribution in [3.8, 4) is 17.2 Å². The molecule has 0 spiro atoms. The zero-order chi connectivity index (χ0) is 19.9. The Hall–Kier alpha value is -3.00. The number of rotatable bonds is 5. The SMILES string of the molecule is N#Cc1c(-c2cccc(N3CCNCC3)c2)cc(=O)[nH]c1SC/C(=N/N)NN. The fourth-order valence-corrected chi connectivity index (χ4v) is 3.94. The van der Waals surface area contributed by atoms with E-state index >= 15 is 0 Å². The smallest absolute Gasteiger partial charge is 0.249 e. The summed E-state index contributed by atoms with van der Waals surface area (Å²) in [5.41, 5.74) is 4.99. The maximum atomic E-state index is 12.2. The van der Waals surface area contributed by atoms with Gasteiger partial charge < -0.3 is 26.5 Å². The molecule has 0 unspecified atom stereocenters. The number of thioether (sulfide) groups is 1. The molecule has 1 aromatic carbocycles. The van der Waals surface area contributed by atoms with E-state index in [-0.39, 0.29) is 5.56 Å². The van der Waals surface area contributed by atoms with Crippen molar-refractivity contribution in [3.05, 3.63) is 46.2 Å². The van der Waals surface area contributed by atoms with E-state index in [9.17, 15) is 10.1 Å². The highest BCUT2D eigenvalue weighted by atomic mass is 32.2. The molecule has 0 aliphatic carbocycles. The van der Waals surface area contributed by atoms with Gasteiger partial charge in [-0.2, -0.15) is 10.4 Å². The zero-order valence-electron chi connectivity index (χ0n) is 15.2. The molecule has 1 saturated heterocycles. The van der Waals surface area contributed by atoms with E-state index in [1.807, 2.05) is 24.3 Å². The lowest BCUT2D eigenvalue weighted by Crippen LogP contribution is -2.43. The van der Waals surface area contributed by atoms with Gasteiger partial charge in [-0.25, -0.2) is 5.84 Å². The van der Waals surface area contributed by atoms with Gasteiger partial charge in [0.15, 0.2) is 0 Å². The third kappa shape index (κ3) is 4.45. The van der Waals surface area contributed by atoms with Crippen LogP contribution in [0.25, 0.3) is 11.1 Å². The van der Waals surface area contributed by atoms with Crippen LogP contribution in [0.2, 0.25) is 0 Å². The number of hydrazone groups is 1. The summed E-state index contributed by atoms with van der Waals surface area (Å²) >= 11 is 1.23. The summed E-state index contributed by atoms with van der Waals surface area (Å²) < 4.78 is 0. The van der Waals surface area contributed by atoms with Gasteiger partial charge in [0.1, 0.15) is 11.9 Å². The number of benzene rings is 1. The minimum atomic E-state index is -0.281. The quantitative estimate of drug-likeness (QED) is 0.157. The van der Waals surface area contributed by atoms with Gasteiger partial charge in [-0.3, -0.25) is 4.79 Å².